The lowest BCUT2D eigenvalue weighted by atomic mass is 10.1. The van der Waals surface area contributed by atoms with E-state index >= 15 is 0 Å². The van der Waals surface area contributed by atoms with Crippen LogP contribution in [0.5, 0.6) is 0 Å². The summed E-state index contributed by atoms with van der Waals surface area (Å²) in [7, 11) is 0. The second-order valence-corrected chi connectivity index (χ2v) is 7.63. The lowest BCUT2D eigenvalue weighted by Gasteiger charge is -2.00. The normalized spacial score (nSPS) is 11.5. The molecule has 0 saturated carbocycles. The van der Waals surface area contributed by atoms with Crippen molar-refractivity contribution >= 4 is 51.3 Å². The lowest BCUT2D eigenvalue weighted by molar-refractivity contribution is -0.112. The number of aromatic nitrogens is 3. The highest BCUT2D eigenvalue weighted by Crippen LogP contribution is 2.26. The van der Waals surface area contributed by atoms with Crippen molar-refractivity contribution in [3.8, 4) is 6.07 Å². The van der Waals surface area contributed by atoms with E-state index in [9.17, 15) is 10.1 Å². The SMILES string of the molecule is CCSc1nsc(NC(=O)/C(C#N)=C\c2c(C)[nH]c3ccc(C)cc23)n1. The highest BCUT2D eigenvalue weighted by Gasteiger charge is 2.15. The molecule has 2 aromatic heterocycles. The number of aryl methyl sites for hydroxylation is 2. The first-order valence-corrected chi connectivity index (χ1v) is 9.76. The molecule has 0 spiro atoms. The van der Waals surface area contributed by atoms with Crippen LogP contribution >= 0.6 is 23.3 Å². The Bertz CT molecular complexity index is 1040. The smallest absolute Gasteiger partial charge is 0.268 e. The quantitative estimate of drug-likeness (QED) is 0.389. The number of nitrogens with zero attached hydrogens (tertiary/aromatic N) is 3. The number of fused-ring (bicyclic) bond motifs is 1. The van der Waals surface area contributed by atoms with E-state index in [0.29, 0.717) is 10.3 Å². The fourth-order valence-corrected chi connectivity index (χ4v) is 3.82. The Kier molecular flexibility index (Phi) is 5.40. The summed E-state index contributed by atoms with van der Waals surface area (Å²) >= 11 is 2.60. The summed E-state index contributed by atoms with van der Waals surface area (Å²) in [5.74, 6) is 0.366. The average Bonchev–Trinajstić information content (AvgIpc) is 3.16. The van der Waals surface area contributed by atoms with Crippen LogP contribution in [0.25, 0.3) is 17.0 Å². The number of thioether (sulfide) groups is 1. The van der Waals surface area contributed by atoms with Gasteiger partial charge in [-0.3, -0.25) is 10.1 Å². The molecule has 0 atom stereocenters. The van der Waals surface area contributed by atoms with Crippen LogP contribution in [-0.4, -0.2) is 26.0 Å². The van der Waals surface area contributed by atoms with E-state index in [1.165, 1.54) is 11.8 Å². The molecule has 0 fully saturated rings. The zero-order valence-corrected chi connectivity index (χ0v) is 16.2. The zero-order chi connectivity index (χ0) is 18.7. The van der Waals surface area contributed by atoms with Gasteiger partial charge in [0.25, 0.3) is 5.91 Å². The number of nitriles is 1. The van der Waals surface area contributed by atoms with Crippen molar-refractivity contribution in [1.29, 1.82) is 5.26 Å². The predicted molar refractivity (Wildman–Crippen MR) is 106 cm³/mol. The van der Waals surface area contributed by atoms with Crippen LogP contribution in [0.1, 0.15) is 23.7 Å². The summed E-state index contributed by atoms with van der Waals surface area (Å²) in [6, 6.07) is 8.04. The van der Waals surface area contributed by atoms with Crippen LogP contribution < -0.4 is 5.32 Å². The van der Waals surface area contributed by atoms with E-state index < -0.39 is 5.91 Å². The zero-order valence-electron chi connectivity index (χ0n) is 14.6. The molecular formula is C18H17N5OS2. The molecule has 2 heterocycles. The fourth-order valence-electron chi connectivity index (χ4n) is 2.55. The molecule has 6 nitrogen and oxygen atoms in total. The molecular weight excluding hydrogens is 366 g/mol. The van der Waals surface area contributed by atoms with E-state index in [0.717, 1.165) is 45.0 Å². The Balaban J connectivity index is 1.90. The van der Waals surface area contributed by atoms with E-state index in [1.54, 1.807) is 6.08 Å². The molecule has 0 bridgehead atoms. The molecule has 1 aromatic carbocycles. The van der Waals surface area contributed by atoms with Gasteiger partial charge >= 0.3 is 0 Å². The maximum atomic E-state index is 12.5. The van der Waals surface area contributed by atoms with E-state index in [1.807, 2.05) is 45.0 Å². The van der Waals surface area contributed by atoms with Crippen LogP contribution in [0, 0.1) is 25.2 Å². The number of H-pyrrole nitrogens is 1. The van der Waals surface area contributed by atoms with Crippen molar-refractivity contribution in [2.75, 3.05) is 11.1 Å². The molecule has 0 radical (unpaired) electrons. The van der Waals surface area contributed by atoms with E-state index in [2.05, 4.69) is 19.7 Å². The summed E-state index contributed by atoms with van der Waals surface area (Å²) < 4.78 is 4.16. The Hall–Kier alpha value is -2.63. The van der Waals surface area contributed by atoms with Crippen molar-refractivity contribution in [3.63, 3.8) is 0 Å². The third-order valence-corrected chi connectivity index (χ3v) is 5.22. The molecule has 8 heteroatoms. The summed E-state index contributed by atoms with van der Waals surface area (Å²) in [6.45, 7) is 5.94. The number of nitrogens with one attached hydrogen (secondary N) is 2. The second-order valence-electron chi connectivity index (χ2n) is 5.65. The number of amides is 1. The summed E-state index contributed by atoms with van der Waals surface area (Å²) in [4.78, 5) is 20.0. The highest BCUT2D eigenvalue weighted by atomic mass is 32.2. The van der Waals surface area contributed by atoms with E-state index in [-0.39, 0.29) is 5.57 Å². The van der Waals surface area contributed by atoms with Gasteiger partial charge in [0.1, 0.15) is 11.6 Å². The minimum Gasteiger partial charge on any atom is -0.358 e. The molecule has 0 aliphatic heterocycles. The number of aromatic amines is 1. The van der Waals surface area contributed by atoms with Gasteiger partial charge in [0.15, 0.2) is 0 Å². The van der Waals surface area contributed by atoms with Gasteiger partial charge in [-0.1, -0.05) is 30.3 Å². The molecule has 3 aromatic rings. The van der Waals surface area contributed by atoms with Crippen molar-refractivity contribution in [3.05, 3.63) is 40.6 Å². The van der Waals surface area contributed by atoms with Gasteiger partial charge in [-0.15, -0.1) is 0 Å². The third kappa shape index (κ3) is 3.79. The molecule has 0 aliphatic carbocycles. The molecule has 0 unspecified atom stereocenters. The monoisotopic (exact) mass is 383 g/mol. The Morgan fingerprint density at radius 3 is 3.00 bits per heavy atom. The van der Waals surface area contributed by atoms with Gasteiger partial charge < -0.3 is 4.98 Å². The number of benzene rings is 1. The van der Waals surface area contributed by atoms with Crippen LogP contribution in [0.4, 0.5) is 5.13 Å². The third-order valence-electron chi connectivity index (χ3n) is 3.75. The first-order chi connectivity index (χ1) is 12.5. The lowest BCUT2D eigenvalue weighted by Crippen LogP contribution is -2.13. The number of hydrogen-bond acceptors (Lipinski definition) is 6. The number of anilines is 1. The van der Waals surface area contributed by atoms with Crippen molar-refractivity contribution in [2.45, 2.75) is 25.9 Å². The minimum atomic E-state index is -0.488. The summed E-state index contributed by atoms with van der Waals surface area (Å²) in [5, 5.41) is 14.1. The molecule has 132 valence electrons. The number of carbonyl (C=O) groups excluding carboxylic acids is 1. The molecule has 2 N–H and O–H groups in total. The van der Waals surface area contributed by atoms with Gasteiger partial charge in [0, 0.05) is 33.7 Å². The number of hydrogen-bond donors (Lipinski definition) is 2. The van der Waals surface area contributed by atoms with Crippen LogP contribution in [0.15, 0.2) is 28.9 Å². The molecule has 0 saturated heterocycles. The second kappa shape index (κ2) is 7.72. The Morgan fingerprint density at radius 1 is 1.46 bits per heavy atom. The summed E-state index contributed by atoms with van der Waals surface area (Å²) in [6.07, 6.45) is 1.62. The minimum absolute atomic E-state index is 0.0235. The first-order valence-electron chi connectivity index (χ1n) is 8.00. The van der Waals surface area contributed by atoms with Crippen LogP contribution in [0.3, 0.4) is 0 Å². The largest absolute Gasteiger partial charge is 0.358 e. The van der Waals surface area contributed by atoms with Crippen molar-refractivity contribution < 1.29 is 4.79 Å². The first kappa shape index (κ1) is 18.2. The Labute approximate surface area is 159 Å². The summed E-state index contributed by atoms with van der Waals surface area (Å²) in [5.41, 5.74) is 3.86. The highest BCUT2D eigenvalue weighted by molar-refractivity contribution is 7.99. The van der Waals surface area contributed by atoms with Gasteiger partial charge in [-0.25, -0.2) is 0 Å². The Morgan fingerprint density at radius 2 is 2.27 bits per heavy atom. The maximum Gasteiger partial charge on any atom is 0.268 e. The number of carbonyl (C=O) groups is 1. The van der Waals surface area contributed by atoms with Gasteiger partial charge in [-0.05, 0) is 37.8 Å². The van der Waals surface area contributed by atoms with Crippen molar-refractivity contribution in [1.82, 2.24) is 14.3 Å². The average molecular weight is 384 g/mol. The van der Waals surface area contributed by atoms with Gasteiger partial charge in [0.2, 0.25) is 10.3 Å². The molecule has 26 heavy (non-hydrogen) atoms. The molecule has 0 aliphatic rings. The number of rotatable bonds is 5. The predicted octanol–water partition coefficient (Wildman–Crippen LogP) is 4.29. The van der Waals surface area contributed by atoms with Gasteiger partial charge in [-0.2, -0.15) is 14.6 Å². The van der Waals surface area contributed by atoms with Crippen LogP contribution in [0.2, 0.25) is 0 Å². The van der Waals surface area contributed by atoms with Crippen molar-refractivity contribution in [2.24, 2.45) is 0 Å². The molecule has 3 rings (SSSR count). The standard InChI is InChI=1S/C18H17N5OS2/c1-4-25-18-22-17(26-23-18)21-16(24)12(9-19)8-13-11(3)20-15-6-5-10(2)7-14(13)15/h5-8,20H,4H2,1-3H3,(H,21,22,23,24)/b12-8-. The van der Waals surface area contributed by atoms with Gasteiger partial charge in [0.05, 0.1) is 0 Å². The van der Waals surface area contributed by atoms with E-state index in [4.69, 9.17) is 0 Å². The maximum absolute atomic E-state index is 12.5. The molecule has 1 amide bonds. The fraction of sp³-hybridized carbons (Fsp3) is 0.222. The topological polar surface area (TPSA) is 94.5 Å². The van der Waals surface area contributed by atoms with Crippen LogP contribution in [-0.2, 0) is 4.79 Å².